The molecule has 4 aromatic rings. The van der Waals surface area contributed by atoms with E-state index in [0.29, 0.717) is 48.3 Å². The van der Waals surface area contributed by atoms with Gasteiger partial charge in [-0.2, -0.15) is 5.10 Å². The van der Waals surface area contributed by atoms with E-state index in [9.17, 15) is 9.59 Å². The SMILES string of the molecule is CCN(C(=O)c1cc(-c2ccccc2)nc2c1cnn2Cc1ccccc1)[C@H]1CCNC1=O. The Morgan fingerprint density at radius 3 is 2.52 bits per heavy atom. The molecule has 0 aliphatic carbocycles. The van der Waals surface area contributed by atoms with Crippen LogP contribution in [0.15, 0.2) is 72.9 Å². The third kappa shape index (κ3) is 3.98. The van der Waals surface area contributed by atoms with Crippen LogP contribution >= 0.6 is 0 Å². The van der Waals surface area contributed by atoms with Gasteiger partial charge in [-0.15, -0.1) is 0 Å². The van der Waals surface area contributed by atoms with Crippen LogP contribution in [0.4, 0.5) is 0 Å². The molecule has 2 aromatic carbocycles. The lowest BCUT2D eigenvalue weighted by Gasteiger charge is -2.26. The zero-order valence-electron chi connectivity index (χ0n) is 18.4. The average Bonchev–Trinajstić information content (AvgIpc) is 3.46. The summed E-state index contributed by atoms with van der Waals surface area (Å²) in [6.07, 6.45) is 2.32. The van der Waals surface area contributed by atoms with Gasteiger partial charge in [-0.3, -0.25) is 9.59 Å². The lowest BCUT2D eigenvalue weighted by Crippen LogP contribution is -2.44. The van der Waals surface area contributed by atoms with Gasteiger partial charge in [0, 0.05) is 18.7 Å². The monoisotopic (exact) mass is 439 g/mol. The van der Waals surface area contributed by atoms with Crippen LogP contribution in [0.5, 0.6) is 0 Å². The molecule has 33 heavy (non-hydrogen) atoms. The number of fused-ring (bicyclic) bond motifs is 1. The predicted molar refractivity (Wildman–Crippen MR) is 127 cm³/mol. The number of carbonyl (C=O) groups is 2. The first-order valence-corrected chi connectivity index (χ1v) is 11.2. The summed E-state index contributed by atoms with van der Waals surface area (Å²) in [5.41, 5.74) is 3.88. The number of rotatable bonds is 6. The van der Waals surface area contributed by atoms with Crippen molar-refractivity contribution in [3.8, 4) is 11.3 Å². The molecule has 0 spiro atoms. The molecule has 1 N–H and O–H groups in total. The summed E-state index contributed by atoms with van der Waals surface area (Å²) in [4.78, 5) is 32.6. The number of benzene rings is 2. The van der Waals surface area contributed by atoms with Crippen LogP contribution in [0, 0.1) is 0 Å². The molecule has 7 heteroatoms. The van der Waals surface area contributed by atoms with E-state index in [1.165, 1.54) is 0 Å². The van der Waals surface area contributed by atoms with Gasteiger partial charge < -0.3 is 10.2 Å². The van der Waals surface area contributed by atoms with E-state index >= 15 is 0 Å². The fourth-order valence-electron chi connectivity index (χ4n) is 4.39. The van der Waals surface area contributed by atoms with Crippen LogP contribution in [0.1, 0.15) is 29.3 Å². The lowest BCUT2D eigenvalue weighted by atomic mass is 10.0. The summed E-state index contributed by atoms with van der Waals surface area (Å²) in [5, 5.41) is 8.09. The fourth-order valence-corrected chi connectivity index (χ4v) is 4.39. The van der Waals surface area contributed by atoms with E-state index in [0.717, 1.165) is 11.1 Å². The van der Waals surface area contributed by atoms with Crippen LogP contribution in [0.2, 0.25) is 0 Å². The van der Waals surface area contributed by atoms with Crippen molar-refractivity contribution in [2.45, 2.75) is 25.9 Å². The number of nitrogens with zero attached hydrogens (tertiary/aromatic N) is 4. The Morgan fingerprint density at radius 1 is 1.12 bits per heavy atom. The highest BCUT2D eigenvalue weighted by Gasteiger charge is 2.34. The first kappa shape index (κ1) is 20.9. The quantitative estimate of drug-likeness (QED) is 0.499. The summed E-state index contributed by atoms with van der Waals surface area (Å²) in [6.45, 7) is 3.48. The van der Waals surface area contributed by atoms with Crippen LogP contribution in [0.3, 0.4) is 0 Å². The van der Waals surface area contributed by atoms with Gasteiger partial charge in [-0.05, 0) is 25.0 Å². The highest BCUT2D eigenvalue weighted by atomic mass is 16.2. The molecule has 0 radical (unpaired) electrons. The molecule has 1 aliphatic rings. The molecule has 166 valence electrons. The first-order valence-electron chi connectivity index (χ1n) is 11.2. The topological polar surface area (TPSA) is 80.1 Å². The maximum absolute atomic E-state index is 13.8. The van der Waals surface area contributed by atoms with Crippen molar-refractivity contribution >= 4 is 22.8 Å². The summed E-state index contributed by atoms with van der Waals surface area (Å²) in [6, 6.07) is 21.2. The van der Waals surface area contributed by atoms with E-state index in [-0.39, 0.29) is 11.8 Å². The Balaban J connectivity index is 1.64. The van der Waals surface area contributed by atoms with Crippen LogP contribution in [-0.2, 0) is 11.3 Å². The van der Waals surface area contributed by atoms with E-state index < -0.39 is 6.04 Å². The van der Waals surface area contributed by atoms with Crippen molar-refractivity contribution in [3.05, 3.63) is 84.1 Å². The molecule has 1 saturated heterocycles. The standard InChI is InChI=1S/C26H25N5O2/c1-2-30(23-13-14-27-25(23)32)26(33)20-15-22(19-11-7-4-8-12-19)29-24-21(20)16-28-31(24)17-18-9-5-3-6-10-18/h3-12,15-16,23H,2,13-14,17H2,1H3,(H,27,32)/t23-/m0/s1. The third-order valence-corrected chi connectivity index (χ3v) is 6.08. The van der Waals surface area contributed by atoms with Gasteiger partial charge in [0.15, 0.2) is 5.65 Å². The number of hydrogen-bond acceptors (Lipinski definition) is 4. The van der Waals surface area contributed by atoms with Crippen LogP contribution in [-0.4, -0.2) is 50.6 Å². The maximum atomic E-state index is 13.8. The molecule has 5 rings (SSSR count). The Labute approximate surface area is 192 Å². The average molecular weight is 440 g/mol. The number of aromatic nitrogens is 3. The van der Waals surface area contributed by atoms with Gasteiger partial charge in [0.2, 0.25) is 5.91 Å². The second-order valence-electron chi connectivity index (χ2n) is 8.13. The number of amides is 2. The number of hydrogen-bond donors (Lipinski definition) is 1. The predicted octanol–water partition coefficient (Wildman–Crippen LogP) is 3.50. The summed E-state index contributed by atoms with van der Waals surface area (Å²) in [7, 11) is 0. The van der Waals surface area contributed by atoms with Gasteiger partial charge in [0.25, 0.3) is 5.91 Å². The second-order valence-corrected chi connectivity index (χ2v) is 8.13. The molecule has 0 unspecified atom stereocenters. The van der Waals surface area contributed by atoms with Crippen LogP contribution in [0.25, 0.3) is 22.3 Å². The summed E-state index contributed by atoms with van der Waals surface area (Å²) in [5.74, 6) is -0.276. The Kier molecular flexibility index (Phi) is 5.60. The normalized spacial score (nSPS) is 15.5. The summed E-state index contributed by atoms with van der Waals surface area (Å²) >= 11 is 0. The van der Waals surface area contributed by atoms with Crippen molar-refractivity contribution in [2.24, 2.45) is 0 Å². The highest BCUT2D eigenvalue weighted by Crippen LogP contribution is 2.27. The number of nitrogens with one attached hydrogen (secondary N) is 1. The fraction of sp³-hybridized carbons (Fsp3) is 0.231. The van der Waals surface area contributed by atoms with Gasteiger partial charge in [-0.1, -0.05) is 60.7 Å². The van der Waals surface area contributed by atoms with Gasteiger partial charge in [0.1, 0.15) is 6.04 Å². The Hall–Kier alpha value is -4.00. The highest BCUT2D eigenvalue weighted by molar-refractivity contribution is 6.08. The molecule has 7 nitrogen and oxygen atoms in total. The minimum Gasteiger partial charge on any atom is -0.354 e. The van der Waals surface area contributed by atoms with E-state index in [1.54, 1.807) is 11.1 Å². The molecule has 1 aliphatic heterocycles. The minimum atomic E-state index is -0.453. The Morgan fingerprint density at radius 2 is 1.85 bits per heavy atom. The molecule has 3 heterocycles. The number of carbonyl (C=O) groups excluding carboxylic acids is 2. The number of pyridine rings is 1. The van der Waals surface area contributed by atoms with E-state index in [2.05, 4.69) is 10.4 Å². The summed E-state index contributed by atoms with van der Waals surface area (Å²) < 4.78 is 1.83. The van der Waals surface area contributed by atoms with Crippen molar-refractivity contribution in [1.82, 2.24) is 25.0 Å². The molecular weight excluding hydrogens is 414 g/mol. The van der Waals surface area contributed by atoms with Crippen molar-refractivity contribution in [3.63, 3.8) is 0 Å². The smallest absolute Gasteiger partial charge is 0.255 e. The van der Waals surface area contributed by atoms with Gasteiger partial charge in [-0.25, -0.2) is 9.67 Å². The molecule has 0 saturated carbocycles. The first-order chi connectivity index (χ1) is 16.2. The molecular formula is C26H25N5O2. The van der Waals surface area contributed by atoms with Gasteiger partial charge in [0.05, 0.1) is 29.4 Å². The van der Waals surface area contributed by atoms with E-state index in [1.807, 2.05) is 78.3 Å². The molecule has 1 fully saturated rings. The minimum absolute atomic E-state index is 0.0986. The molecule has 2 amide bonds. The van der Waals surface area contributed by atoms with Crippen molar-refractivity contribution < 1.29 is 9.59 Å². The molecule has 2 aromatic heterocycles. The van der Waals surface area contributed by atoms with Crippen molar-refractivity contribution in [1.29, 1.82) is 0 Å². The third-order valence-electron chi connectivity index (χ3n) is 6.08. The zero-order chi connectivity index (χ0) is 22.8. The second kappa shape index (κ2) is 8.86. The maximum Gasteiger partial charge on any atom is 0.255 e. The van der Waals surface area contributed by atoms with E-state index in [4.69, 9.17) is 4.98 Å². The van der Waals surface area contributed by atoms with Crippen molar-refractivity contribution in [2.75, 3.05) is 13.1 Å². The largest absolute Gasteiger partial charge is 0.354 e. The Bertz CT molecular complexity index is 1300. The number of likely N-dealkylation sites (N-methyl/N-ethyl adjacent to an activating group) is 1. The molecule has 1 atom stereocenters. The lowest BCUT2D eigenvalue weighted by molar-refractivity contribution is -0.123. The van der Waals surface area contributed by atoms with Gasteiger partial charge >= 0.3 is 0 Å². The zero-order valence-corrected chi connectivity index (χ0v) is 18.4. The molecule has 0 bridgehead atoms. The van der Waals surface area contributed by atoms with Crippen LogP contribution < -0.4 is 5.32 Å².